The second-order valence-corrected chi connectivity index (χ2v) is 7.39. The van der Waals surface area contributed by atoms with Gasteiger partial charge in [-0.2, -0.15) is 0 Å². The molecule has 0 spiro atoms. The van der Waals surface area contributed by atoms with E-state index in [1.165, 1.54) is 4.90 Å². The molecule has 2 aromatic rings. The normalized spacial score (nSPS) is 15.3. The van der Waals surface area contributed by atoms with E-state index in [4.69, 9.17) is 26.4 Å². The van der Waals surface area contributed by atoms with Crippen LogP contribution in [0.4, 0.5) is 5.69 Å². The van der Waals surface area contributed by atoms with Crippen LogP contribution < -0.4 is 19.1 Å². The maximum absolute atomic E-state index is 13.2. The summed E-state index contributed by atoms with van der Waals surface area (Å²) in [5.74, 6) is 1.76. The van der Waals surface area contributed by atoms with Gasteiger partial charge in [-0.25, -0.2) is 0 Å². The minimum Gasteiger partial charge on any atom is -0.496 e. The van der Waals surface area contributed by atoms with Gasteiger partial charge < -0.3 is 19.1 Å². The Kier molecular flexibility index (Phi) is 6.44. The smallest absolute Gasteiger partial charge is 0.281 e. The molecule has 2 aromatic carbocycles. The highest BCUT2D eigenvalue weighted by atomic mass is 79.9. The first-order valence-corrected chi connectivity index (χ1v) is 10.1. The third kappa shape index (κ3) is 4.09. The predicted molar refractivity (Wildman–Crippen MR) is 121 cm³/mol. The van der Waals surface area contributed by atoms with Gasteiger partial charge in [0.2, 0.25) is 0 Å². The first-order valence-electron chi connectivity index (χ1n) is 8.89. The third-order valence-corrected chi connectivity index (χ3v) is 5.54. The van der Waals surface area contributed by atoms with Crippen LogP contribution in [-0.2, 0) is 4.79 Å². The summed E-state index contributed by atoms with van der Waals surface area (Å²) in [7, 11) is 4.92. The van der Waals surface area contributed by atoms with Gasteiger partial charge >= 0.3 is 0 Å². The van der Waals surface area contributed by atoms with Crippen LogP contribution in [0.5, 0.6) is 17.2 Å². The number of thiocarbonyl (C=S) groups is 1. The molecule has 1 fully saturated rings. The Morgan fingerprint density at radius 3 is 2.34 bits per heavy atom. The summed E-state index contributed by atoms with van der Waals surface area (Å²) in [4.78, 5) is 16.4. The molecule has 0 saturated carbocycles. The standard InChI is InChI=1S/C21H21BrN2O4S/c1-5-28-15-8-6-14(7-9-15)24-20(25)17(23(2)21(24)29)11-13-10-16(22)19(27-4)12-18(13)26-3/h6-12H,5H2,1-4H3/b17-11-. The van der Waals surface area contributed by atoms with E-state index in [0.717, 1.165) is 15.8 Å². The van der Waals surface area contributed by atoms with Crippen LogP contribution in [0.15, 0.2) is 46.6 Å². The molecule has 1 aliphatic heterocycles. The Bertz CT molecular complexity index is 975. The van der Waals surface area contributed by atoms with Crippen molar-refractivity contribution >= 4 is 50.9 Å². The van der Waals surface area contributed by atoms with Crippen molar-refractivity contribution in [3.8, 4) is 17.2 Å². The van der Waals surface area contributed by atoms with E-state index >= 15 is 0 Å². The highest BCUT2D eigenvalue weighted by molar-refractivity contribution is 9.10. The highest BCUT2D eigenvalue weighted by Gasteiger charge is 2.37. The fourth-order valence-corrected chi connectivity index (χ4v) is 3.80. The van der Waals surface area contributed by atoms with Gasteiger partial charge in [0.1, 0.15) is 22.9 Å². The minimum absolute atomic E-state index is 0.212. The molecule has 3 rings (SSSR count). The van der Waals surface area contributed by atoms with Gasteiger partial charge in [-0.15, -0.1) is 0 Å². The molecule has 0 radical (unpaired) electrons. The van der Waals surface area contributed by atoms with Crippen molar-refractivity contribution < 1.29 is 19.0 Å². The monoisotopic (exact) mass is 476 g/mol. The Morgan fingerprint density at radius 2 is 1.76 bits per heavy atom. The van der Waals surface area contributed by atoms with Crippen LogP contribution >= 0.6 is 28.1 Å². The quantitative estimate of drug-likeness (QED) is 0.452. The van der Waals surface area contributed by atoms with E-state index in [9.17, 15) is 4.79 Å². The molecule has 1 aliphatic rings. The van der Waals surface area contributed by atoms with E-state index in [1.54, 1.807) is 38.3 Å². The Balaban J connectivity index is 1.98. The second-order valence-electron chi connectivity index (χ2n) is 6.17. The fraction of sp³-hybridized carbons (Fsp3) is 0.238. The molecule has 1 amide bonds. The van der Waals surface area contributed by atoms with Gasteiger partial charge in [0.15, 0.2) is 5.11 Å². The number of rotatable bonds is 6. The number of benzene rings is 2. The molecular formula is C21H21BrN2O4S. The van der Waals surface area contributed by atoms with E-state index in [0.29, 0.717) is 34.6 Å². The van der Waals surface area contributed by atoms with Crippen molar-refractivity contribution in [2.24, 2.45) is 0 Å². The van der Waals surface area contributed by atoms with Gasteiger partial charge in [-0.05, 0) is 71.5 Å². The number of nitrogens with zero attached hydrogens (tertiary/aromatic N) is 2. The van der Waals surface area contributed by atoms with Crippen molar-refractivity contribution in [2.75, 3.05) is 32.8 Å². The number of methoxy groups -OCH3 is 2. The topological polar surface area (TPSA) is 51.2 Å². The number of halogens is 1. The van der Waals surface area contributed by atoms with Crippen molar-refractivity contribution in [2.45, 2.75) is 6.92 Å². The van der Waals surface area contributed by atoms with Crippen molar-refractivity contribution in [1.82, 2.24) is 4.90 Å². The number of carbonyl (C=O) groups is 1. The van der Waals surface area contributed by atoms with Gasteiger partial charge in [-0.3, -0.25) is 9.69 Å². The predicted octanol–water partition coefficient (Wildman–Crippen LogP) is 4.47. The zero-order valence-electron chi connectivity index (χ0n) is 16.6. The summed E-state index contributed by atoms with van der Waals surface area (Å²) < 4.78 is 17.0. The summed E-state index contributed by atoms with van der Waals surface area (Å²) in [5, 5.41) is 0.400. The number of likely N-dealkylation sites (N-methyl/N-ethyl adjacent to an activating group) is 1. The Morgan fingerprint density at radius 1 is 1.10 bits per heavy atom. The lowest BCUT2D eigenvalue weighted by Gasteiger charge is -2.16. The highest BCUT2D eigenvalue weighted by Crippen LogP contribution is 2.36. The number of hydrogen-bond acceptors (Lipinski definition) is 5. The van der Waals surface area contributed by atoms with E-state index in [-0.39, 0.29) is 5.91 Å². The van der Waals surface area contributed by atoms with Crippen LogP contribution in [0, 0.1) is 0 Å². The molecule has 29 heavy (non-hydrogen) atoms. The number of carbonyl (C=O) groups excluding carboxylic acids is 1. The maximum Gasteiger partial charge on any atom is 0.281 e. The molecule has 0 unspecified atom stereocenters. The summed E-state index contributed by atoms with van der Waals surface area (Å²) >= 11 is 9.00. The zero-order valence-corrected chi connectivity index (χ0v) is 19.0. The second kappa shape index (κ2) is 8.84. The lowest BCUT2D eigenvalue weighted by atomic mass is 10.1. The molecular weight excluding hydrogens is 456 g/mol. The molecule has 152 valence electrons. The maximum atomic E-state index is 13.2. The third-order valence-electron chi connectivity index (χ3n) is 4.46. The summed E-state index contributed by atoms with van der Waals surface area (Å²) in [6.45, 7) is 2.50. The molecule has 1 saturated heterocycles. The van der Waals surface area contributed by atoms with Crippen molar-refractivity contribution in [1.29, 1.82) is 0 Å². The fourth-order valence-electron chi connectivity index (χ4n) is 2.99. The Labute approximate surface area is 183 Å². The van der Waals surface area contributed by atoms with Gasteiger partial charge in [0.05, 0.1) is 31.0 Å². The lowest BCUT2D eigenvalue weighted by Crippen LogP contribution is -2.31. The first kappa shape index (κ1) is 21.1. The molecule has 0 aromatic heterocycles. The number of amides is 1. The SMILES string of the molecule is CCOc1ccc(N2C(=O)/C(=C/c3cc(Br)c(OC)cc3OC)N(C)C2=S)cc1. The van der Waals surface area contributed by atoms with Crippen LogP contribution in [0.2, 0.25) is 0 Å². The Hall–Kier alpha value is -2.58. The van der Waals surface area contributed by atoms with Crippen LogP contribution in [0.3, 0.4) is 0 Å². The van der Waals surface area contributed by atoms with Gasteiger partial charge in [0, 0.05) is 18.7 Å². The van der Waals surface area contributed by atoms with Gasteiger partial charge in [0.25, 0.3) is 5.91 Å². The summed E-state index contributed by atoms with van der Waals surface area (Å²) in [6, 6.07) is 10.9. The van der Waals surface area contributed by atoms with Crippen molar-refractivity contribution in [3.63, 3.8) is 0 Å². The summed E-state index contributed by atoms with van der Waals surface area (Å²) in [5.41, 5.74) is 1.85. The van der Waals surface area contributed by atoms with Gasteiger partial charge in [-0.1, -0.05) is 0 Å². The number of ether oxygens (including phenoxy) is 3. The molecule has 0 bridgehead atoms. The molecule has 1 heterocycles. The lowest BCUT2D eigenvalue weighted by molar-refractivity contribution is -0.114. The van der Waals surface area contributed by atoms with Crippen LogP contribution in [0.25, 0.3) is 6.08 Å². The average Bonchev–Trinajstić information content (AvgIpc) is 2.92. The largest absolute Gasteiger partial charge is 0.496 e. The van der Waals surface area contributed by atoms with E-state index in [2.05, 4.69) is 15.9 Å². The molecule has 6 nitrogen and oxygen atoms in total. The first-order chi connectivity index (χ1) is 13.9. The van der Waals surface area contributed by atoms with E-state index in [1.807, 2.05) is 37.3 Å². The zero-order chi connectivity index (χ0) is 21.1. The average molecular weight is 477 g/mol. The molecule has 0 atom stereocenters. The van der Waals surface area contributed by atoms with Crippen LogP contribution in [0.1, 0.15) is 12.5 Å². The number of hydrogen-bond donors (Lipinski definition) is 0. The molecule has 0 aliphatic carbocycles. The summed E-state index contributed by atoms with van der Waals surface area (Å²) in [6.07, 6.45) is 1.76. The number of anilines is 1. The molecule has 8 heteroatoms. The van der Waals surface area contributed by atoms with Crippen LogP contribution in [-0.4, -0.2) is 43.8 Å². The van der Waals surface area contributed by atoms with E-state index < -0.39 is 0 Å². The molecule has 0 N–H and O–H groups in total. The van der Waals surface area contributed by atoms with Crippen molar-refractivity contribution in [3.05, 3.63) is 52.1 Å². The minimum atomic E-state index is -0.212.